The first-order chi connectivity index (χ1) is 8.08. The van der Waals surface area contributed by atoms with Crippen LogP contribution in [-0.4, -0.2) is 19.3 Å². The van der Waals surface area contributed by atoms with E-state index in [1.165, 1.54) is 32.1 Å². The fraction of sp³-hybridized carbons (Fsp3) is 1.00. The molecule has 1 saturated carbocycles. The van der Waals surface area contributed by atoms with Crippen LogP contribution in [0.15, 0.2) is 5.11 Å². The van der Waals surface area contributed by atoms with Gasteiger partial charge in [0.15, 0.2) is 0 Å². The molecule has 96 valence electrons. The van der Waals surface area contributed by atoms with Crippen molar-refractivity contribution in [2.24, 2.45) is 15.9 Å². The first-order valence-corrected chi connectivity index (χ1v) is 6.71. The molecule has 0 aromatic carbocycles. The molecule has 1 saturated heterocycles. The Morgan fingerprint density at radius 2 is 2.06 bits per heavy atom. The van der Waals surface area contributed by atoms with Crippen molar-refractivity contribution >= 4 is 0 Å². The molecule has 2 atom stereocenters. The summed E-state index contributed by atoms with van der Waals surface area (Å²) in [5, 5.41) is 3.73. The van der Waals surface area contributed by atoms with Crippen LogP contribution in [0.4, 0.5) is 0 Å². The number of nitrogens with zero attached hydrogens (tertiary/aromatic N) is 3. The minimum atomic E-state index is 0.160. The molecule has 0 N–H and O–H groups in total. The van der Waals surface area contributed by atoms with Gasteiger partial charge in [0.1, 0.15) is 0 Å². The second kappa shape index (κ2) is 4.87. The van der Waals surface area contributed by atoms with Crippen molar-refractivity contribution in [3.8, 4) is 0 Å². The van der Waals surface area contributed by atoms with Crippen molar-refractivity contribution in [2.45, 2.75) is 58.5 Å². The summed E-state index contributed by atoms with van der Waals surface area (Å²) >= 11 is 0. The van der Waals surface area contributed by atoms with Gasteiger partial charge in [0.25, 0.3) is 0 Å². The summed E-state index contributed by atoms with van der Waals surface area (Å²) < 4.78 is 5.81. The fourth-order valence-corrected chi connectivity index (χ4v) is 3.43. The Bertz CT molecular complexity index is 323. The Labute approximate surface area is 103 Å². The Morgan fingerprint density at radius 1 is 1.24 bits per heavy atom. The van der Waals surface area contributed by atoms with Crippen LogP contribution in [0.25, 0.3) is 10.4 Å². The predicted octanol–water partition coefficient (Wildman–Crippen LogP) is 4.06. The highest BCUT2D eigenvalue weighted by atomic mass is 16.5. The minimum Gasteiger partial charge on any atom is -0.377 e. The number of azide groups is 1. The number of hydrogen-bond donors (Lipinski definition) is 0. The van der Waals surface area contributed by atoms with Crippen LogP contribution in [0.3, 0.4) is 0 Å². The van der Waals surface area contributed by atoms with E-state index in [1.807, 2.05) is 0 Å². The summed E-state index contributed by atoms with van der Waals surface area (Å²) in [4.78, 5) is 2.87. The summed E-state index contributed by atoms with van der Waals surface area (Å²) in [6.45, 7) is 6.08. The highest BCUT2D eigenvalue weighted by Gasteiger charge is 2.45. The normalized spacial score (nSPS) is 36.5. The summed E-state index contributed by atoms with van der Waals surface area (Å²) in [5.74, 6) is 0. The Balaban J connectivity index is 2.08. The molecule has 1 aliphatic heterocycles. The van der Waals surface area contributed by atoms with E-state index in [-0.39, 0.29) is 6.10 Å². The van der Waals surface area contributed by atoms with Gasteiger partial charge in [-0.25, -0.2) is 0 Å². The van der Waals surface area contributed by atoms with Crippen LogP contribution in [-0.2, 0) is 4.74 Å². The second-order valence-electron chi connectivity index (χ2n) is 6.40. The molecule has 0 bridgehead atoms. The monoisotopic (exact) mass is 237 g/mol. The van der Waals surface area contributed by atoms with Crippen molar-refractivity contribution in [2.75, 3.05) is 13.2 Å². The van der Waals surface area contributed by atoms with Crippen molar-refractivity contribution in [3.63, 3.8) is 0 Å². The molecule has 2 rings (SSSR count). The Kier molecular flexibility index (Phi) is 3.64. The number of hydrogen-bond acceptors (Lipinski definition) is 2. The van der Waals surface area contributed by atoms with Crippen LogP contribution in [0.1, 0.15) is 52.4 Å². The van der Waals surface area contributed by atoms with Crippen LogP contribution < -0.4 is 0 Å². The third-order valence-corrected chi connectivity index (χ3v) is 4.74. The Hall–Kier alpha value is -0.730. The van der Waals surface area contributed by atoms with E-state index >= 15 is 0 Å². The topological polar surface area (TPSA) is 58.0 Å². The molecule has 17 heavy (non-hydrogen) atoms. The lowest BCUT2D eigenvalue weighted by atomic mass is 9.73. The third-order valence-electron chi connectivity index (χ3n) is 4.74. The van der Waals surface area contributed by atoms with Crippen molar-refractivity contribution < 1.29 is 4.74 Å². The van der Waals surface area contributed by atoms with E-state index in [4.69, 9.17) is 10.3 Å². The van der Waals surface area contributed by atoms with Crippen molar-refractivity contribution in [3.05, 3.63) is 10.4 Å². The van der Waals surface area contributed by atoms with E-state index in [0.29, 0.717) is 17.4 Å². The van der Waals surface area contributed by atoms with Crippen molar-refractivity contribution in [1.82, 2.24) is 0 Å². The molecule has 4 heteroatoms. The quantitative estimate of drug-likeness (QED) is 0.406. The van der Waals surface area contributed by atoms with Gasteiger partial charge in [0.2, 0.25) is 0 Å². The fourth-order valence-electron chi connectivity index (χ4n) is 3.43. The van der Waals surface area contributed by atoms with E-state index in [1.54, 1.807) is 0 Å². The zero-order valence-corrected chi connectivity index (χ0v) is 11.0. The van der Waals surface area contributed by atoms with Crippen LogP contribution >= 0.6 is 0 Å². The van der Waals surface area contributed by atoms with Gasteiger partial charge in [-0.1, -0.05) is 25.4 Å². The molecule has 1 heterocycles. The average molecular weight is 237 g/mol. The summed E-state index contributed by atoms with van der Waals surface area (Å²) in [5.41, 5.74) is 9.22. The molecular weight excluding hydrogens is 214 g/mol. The van der Waals surface area contributed by atoms with E-state index in [2.05, 4.69) is 23.9 Å². The van der Waals surface area contributed by atoms with Gasteiger partial charge in [-0.3, -0.25) is 0 Å². The molecule has 2 unspecified atom stereocenters. The van der Waals surface area contributed by atoms with Gasteiger partial charge in [-0.05, 0) is 48.5 Å². The number of ether oxygens (including phenoxy) is 1. The zero-order chi connectivity index (χ0) is 12.4. The largest absolute Gasteiger partial charge is 0.377 e. The Morgan fingerprint density at radius 3 is 2.82 bits per heavy atom. The van der Waals surface area contributed by atoms with Crippen LogP contribution in [0, 0.1) is 10.8 Å². The van der Waals surface area contributed by atoms with Crippen molar-refractivity contribution in [1.29, 1.82) is 0 Å². The maximum Gasteiger partial charge on any atom is 0.0688 e. The molecule has 0 radical (unpaired) electrons. The summed E-state index contributed by atoms with van der Waals surface area (Å²) in [7, 11) is 0. The first kappa shape index (κ1) is 12.7. The smallest absolute Gasteiger partial charge is 0.0688 e. The average Bonchev–Trinajstić information content (AvgIpc) is 2.59. The molecule has 0 aromatic rings. The minimum absolute atomic E-state index is 0.160. The molecule has 2 fully saturated rings. The SMILES string of the molecule is CC1(C)CCCC2(CCOC2CN=[N+]=[N-])CC1. The highest BCUT2D eigenvalue weighted by molar-refractivity contribution is 4.96. The lowest BCUT2D eigenvalue weighted by Gasteiger charge is -2.33. The highest BCUT2D eigenvalue weighted by Crippen LogP contribution is 2.49. The van der Waals surface area contributed by atoms with E-state index in [0.717, 1.165) is 13.0 Å². The van der Waals surface area contributed by atoms with Gasteiger partial charge < -0.3 is 4.74 Å². The van der Waals surface area contributed by atoms with Gasteiger partial charge in [-0.2, -0.15) is 0 Å². The molecule has 1 spiro atoms. The zero-order valence-electron chi connectivity index (χ0n) is 11.0. The summed E-state index contributed by atoms with van der Waals surface area (Å²) in [6.07, 6.45) is 7.63. The second-order valence-corrected chi connectivity index (χ2v) is 6.40. The molecule has 1 aliphatic carbocycles. The number of rotatable bonds is 2. The molecule has 0 amide bonds. The maximum atomic E-state index is 8.45. The van der Waals surface area contributed by atoms with Crippen LogP contribution in [0.5, 0.6) is 0 Å². The molecular formula is C13H23N3O. The molecule has 0 aromatic heterocycles. The van der Waals surface area contributed by atoms with E-state index < -0.39 is 0 Å². The first-order valence-electron chi connectivity index (χ1n) is 6.71. The summed E-state index contributed by atoms with van der Waals surface area (Å²) in [6, 6.07) is 0. The van der Waals surface area contributed by atoms with Gasteiger partial charge in [-0.15, -0.1) is 0 Å². The standard InChI is InChI=1S/C13H23N3O/c1-12(2)4-3-5-13(7-6-12)8-9-17-11(13)10-15-16-14/h11H,3-10H2,1-2H3. The van der Waals surface area contributed by atoms with Gasteiger partial charge in [0, 0.05) is 11.5 Å². The maximum absolute atomic E-state index is 8.45. The predicted molar refractivity (Wildman–Crippen MR) is 67.7 cm³/mol. The van der Waals surface area contributed by atoms with E-state index in [9.17, 15) is 0 Å². The third kappa shape index (κ3) is 2.75. The lowest BCUT2D eigenvalue weighted by Crippen LogP contribution is -2.33. The molecule has 2 aliphatic rings. The lowest BCUT2D eigenvalue weighted by molar-refractivity contribution is 0.0458. The van der Waals surface area contributed by atoms with Crippen LogP contribution in [0.2, 0.25) is 0 Å². The molecule has 4 nitrogen and oxygen atoms in total. The van der Waals surface area contributed by atoms with Gasteiger partial charge in [0.05, 0.1) is 12.6 Å². The van der Waals surface area contributed by atoms with Gasteiger partial charge >= 0.3 is 0 Å².